The largest absolute Gasteiger partial charge is 0.352 e. The Morgan fingerprint density at radius 3 is 2.29 bits per heavy atom. The zero-order chi connectivity index (χ0) is 14.2. The summed E-state index contributed by atoms with van der Waals surface area (Å²) in [5.74, 6) is 0.754. The second-order valence-electron chi connectivity index (χ2n) is 4.25. The van der Waals surface area contributed by atoms with Crippen LogP contribution < -0.4 is 10.6 Å². The number of nitrogens with one attached hydrogen (secondary N) is 2. The van der Waals surface area contributed by atoms with Gasteiger partial charge in [-0.25, -0.2) is 4.98 Å². The number of pyridine rings is 1. The van der Waals surface area contributed by atoms with Gasteiger partial charge in [0.25, 0.3) is 0 Å². The minimum Gasteiger partial charge on any atom is -0.352 e. The number of aromatic nitrogens is 1. The highest BCUT2D eigenvalue weighted by atomic mass is 127. The second-order valence-corrected chi connectivity index (χ2v) is 4.64. The minimum atomic E-state index is 0. The molecule has 0 saturated carbocycles. The maximum Gasteiger partial charge on any atom is 0.191 e. The molecule has 2 rings (SSSR count). The molecule has 1 heterocycles. The monoisotopic (exact) mass is 416 g/mol. The van der Waals surface area contributed by atoms with E-state index in [4.69, 9.17) is 11.6 Å². The summed E-state index contributed by atoms with van der Waals surface area (Å²) < 4.78 is 0. The molecule has 0 aliphatic heterocycles. The number of halogens is 2. The molecule has 21 heavy (non-hydrogen) atoms. The fourth-order valence-electron chi connectivity index (χ4n) is 1.70. The van der Waals surface area contributed by atoms with Crippen LogP contribution in [0, 0.1) is 0 Å². The quantitative estimate of drug-likeness (QED) is 0.348. The zero-order valence-electron chi connectivity index (χ0n) is 11.7. The number of hydrogen-bond acceptors (Lipinski definition) is 2. The summed E-state index contributed by atoms with van der Waals surface area (Å²) in [6, 6.07) is 13.9. The Morgan fingerprint density at radius 2 is 1.71 bits per heavy atom. The van der Waals surface area contributed by atoms with Crippen molar-refractivity contribution < 1.29 is 0 Å². The van der Waals surface area contributed by atoms with E-state index in [1.165, 1.54) is 5.56 Å². The van der Waals surface area contributed by atoms with Gasteiger partial charge in [0.1, 0.15) is 5.15 Å². The molecule has 0 bridgehead atoms. The fraction of sp³-hybridized carbons (Fsp3) is 0.200. The topological polar surface area (TPSA) is 49.3 Å². The number of aliphatic imine (C=N–C) groups is 1. The van der Waals surface area contributed by atoms with Gasteiger partial charge in [0.2, 0.25) is 0 Å². The van der Waals surface area contributed by atoms with Gasteiger partial charge in [-0.15, -0.1) is 24.0 Å². The fourth-order valence-corrected chi connectivity index (χ4v) is 1.81. The molecule has 0 aliphatic rings. The normalized spacial score (nSPS) is 10.7. The average molecular weight is 417 g/mol. The van der Waals surface area contributed by atoms with Crippen LogP contribution in [0.25, 0.3) is 0 Å². The minimum absolute atomic E-state index is 0. The highest BCUT2D eigenvalue weighted by Gasteiger charge is 1.99. The van der Waals surface area contributed by atoms with Gasteiger partial charge >= 0.3 is 0 Å². The van der Waals surface area contributed by atoms with Crippen LogP contribution in [0.3, 0.4) is 0 Å². The summed E-state index contributed by atoms with van der Waals surface area (Å²) in [5, 5.41) is 6.99. The van der Waals surface area contributed by atoms with Gasteiger partial charge in [0, 0.05) is 26.3 Å². The molecule has 1 aromatic heterocycles. The first-order chi connectivity index (χ1) is 9.78. The van der Waals surface area contributed by atoms with E-state index in [9.17, 15) is 0 Å². The van der Waals surface area contributed by atoms with E-state index in [0.717, 1.165) is 18.1 Å². The smallest absolute Gasteiger partial charge is 0.191 e. The summed E-state index contributed by atoms with van der Waals surface area (Å²) in [6.07, 6.45) is 1.75. The van der Waals surface area contributed by atoms with E-state index in [0.29, 0.717) is 11.7 Å². The summed E-state index contributed by atoms with van der Waals surface area (Å²) in [6.45, 7) is 1.39. The Bertz CT molecular complexity index is 558. The van der Waals surface area contributed by atoms with Gasteiger partial charge in [-0.1, -0.05) is 48.0 Å². The van der Waals surface area contributed by atoms with Crippen molar-refractivity contribution >= 4 is 41.5 Å². The summed E-state index contributed by atoms with van der Waals surface area (Å²) in [4.78, 5) is 8.23. The van der Waals surface area contributed by atoms with Crippen molar-refractivity contribution in [3.05, 3.63) is 64.9 Å². The lowest BCUT2D eigenvalue weighted by molar-refractivity contribution is 0.807. The average Bonchev–Trinajstić information content (AvgIpc) is 2.50. The molecule has 0 fully saturated rings. The highest BCUT2D eigenvalue weighted by Crippen LogP contribution is 2.04. The van der Waals surface area contributed by atoms with Crippen molar-refractivity contribution in [1.29, 1.82) is 0 Å². The van der Waals surface area contributed by atoms with E-state index >= 15 is 0 Å². The van der Waals surface area contributed by atoms with Crippen molar-refractivity contribution in [3.63, 3.8) is 0 Å². The highest BCUT2D eigenvalue weighted by molar-refractivity contribution is 14.0. The van der Waals surface area contributed by atoms with Crippen LogP contribution in [0.1, 0.15) is 11.1 Å². The maximum absolute atomic E-state index is 5.75. The van der Waals surface area contributed by atoms with Crippen molar-refractivity contribution in [2.45, 2.75) is 13.1 Å². The predicted octanol–water partition coefficient (Wildman–Crippen LogP) is 3.22. The predicted molar refractivity (Wildman–Crippen MR) is 98.1 cm³/mol. The van der Waals surface area contributed by atoms with Gasteiger partial charge in [-0.05, 0) is 17.2 Å². The van der Waals surface area contributed by atoms with Gasteiger partial charge < -0.3 is 10.6 Å². The Kier molecular flexibility index (Phi) is 8.07. The third kappa shape index (κ3) is 6.31. The molecule has 112 valence electrons. The lowest BCUT2D eigenvalue weighted by Gasteiger charge is -2.11. The van der Waals surface area contributed by atoms with Crippen LogP contribution in [0.4, 0.5) is 0 Å². The van der Waals surface area contributed by atoms with E-state index < -0.39 is 0 Å². The molecule has 0 radical (unpaired) electrons. The van der Waals surface area contributed by atoms with Gasteiger partial charge in [-0.2, -0.15) is 0 Å². The number of hydrogen-bond donors (Lipinski definition) is 2. The molecule has 0 spiro atoms. The summed E-state index contributed by atoms with van der Waals surface area (Å²) in [7, 11) is 1.75. The van der Waals surface area contributed by atoms with Gasteiger partial charge in [0.05, 0.1) is 0 Å². The van der Waals surface area contributed by atoms with E-state index in [2.05, 4.69) is 32.7 Å². The molecule has 2 aromatic rings. The third-order valence-electron chi connectivity index (χ3n) is 2.77. The van der Waals surface area contributed by atoms with Crippen LogP contribution in [0.5, 0.6) is 0 Å². The van der Waals surface area contributed by atoms with Crippen LogP contribution in [-0.4, -0.2) is 18.0 Å². The first-order valence-electron chi connectivity index (χ1n) is 6.37. The van der Waals surface area contributed by atoms with Crippen LogP contribution in [-0.2, 0) is 13.1 Å². The maximum atomic E-state index is 5.75. The van der Waals surface area contributed by atoms with Crippen LogP contribution >= 0.6 is 35.6 Å². The molecule has 2 N–H and O–H groups in total. The number of guanidine groups is 1. The standard InChI is InChI=1S/C15H17ClN4.HI/c1-17-15(19-9-12-5-3-2-4-6-12)20-11-13-7-8-14(16)18-10-13;/h2-8,10H,9,11H2,1H3,(H2,17,19,20);1H. The molecule has 0 aliphatic carbocycles. The Hall–Kier alpha value is -1.34. The molecule has 0 unspecified atom stereocenters. The van der Waals surface area contributed by atoms with E-state index in [1.54, 1.807) is 19.3 Å². The SMILES string of the molecule is CN=C(NCc1ccccc1)NCc1ccc(Cl)nc1.I. The molecule has 4 nitrogen and oxygen atoms in total. The molecule has 0 amide bonds. The van der Waals surface area contributed by atoms with E-state index in [1.807, 2.05) is 24.3 Å². The molecular formula is C15H18ClIN4. The molecule has 0 saturated heterocycles. The molecule has 0 atom stereocenters. The van der Waals surface area contributed by atoms with Crippen LogP contribution in [0.15, 0.2) is 53.7 Å². The third-order valence-corrected chi connectivity index (χ3v) is 3.00. The Morgan fingerprint density at radius 1 is 1.05 bits per heavy atom. The van der Waals surface area contributed by atoms with Crippen molar-refractivity contribution in [2.75, 3.05) is 7.05 Å². The van der Waals surface area contributed by atoms with Gasteiger partial charge in [0.15, 0.2) is 5.96 Å². The Balaban J connectivity index is 0.00000220. The van der Waals surface area contributed by atoms with Crippen molar-refractivity contribution in [2.24, 2.45) is 4.99 Å². The summed E-state index contributed by atoms with van der Waals surface area (Å²) >= 11 is 5.75. The van der Waals surface area contributed by atoms with E-state index in [-0.39, 0.29) is 24.0 Å². The van der Waals surface area contributed by atoms with Crippen molar-refractivity contribution in [3.8, 4) is 0 Å². The lowest BCUT2D eigenvalue weighted by atomic mass is 10.2. The second kappa shape index (κ2) is 9.57. The summed E-state index contributed by atoms with van der Waals surface area (Å²) in [5.41, 5.74) is 2.26. The first-order valence-corrected chi connectivity index (χ1v) is 6.74. The lowest BCUT2D eigenvalue weighted by Crippen LogP contribution is -2.36. The Labute approximate surface area is 147 Å². The first kappa shape index (κ1) is 17.7. The molecular weight excluding hydrogens is 399 g/mol. The number of benzene rings is 1. The number of rotatable bonds is 4. The zero-order valence-corrected chi connectivity index (χ0v) is 14.8. The van der Waals surface area contributed by atoms with Gasteiger partial charge in [-0.3, -0.25) is 4.99 Å². The van der Waals surface area contributed by atoms with Crippen molar-refractivity contribution in [1.82, 2.24) is 15.6 Å². The molecule has 6 heteroatoms. The number of nitrogens with zero attached hydrogens (tertiary/aromatic N) is 2. The van der Waals surface area contributed by atoms with Crippen LogP contribution in [0.2, 0.25) is 5.15 Å². The molecule has 1 aromatic carbocycles.